The maximum absolute atomic E-state index is 12.7. The van der Waals surface area contributed by atoms with Gasteiger partial charge in [-0.15, -0.1) is 0 Å². The quantitative estimate of drug-likeness (QED) is 0.567. The van der Waals surface area contributed by atoms with Gasteiger partial charge in [0.1, 0.15) is 12.4 Å². The lowest BCUT2D eigenvalue weighted by Crippen LogP contribution is -2.38. The summed E-state index contributed by atoms with van der Waals surface area (Å²) in [6.07, 6.45) is 2.16. The van der Waals surface area contributed by atoms with Crippen molar-refractivity contribution in [1.29, 1.82) is 0 Å². The third-order valence-electron chi connectivity index (χ3n) is 6.22. The van der Waals surface area contributed by atoms with Crippen molar-refractivity contribution in [3.63, 3.8) is 0 Å². The molecule has 2 heterocycles. The van der Waals surface area contributed by atoms with Crippen LogP contribution in [0.15, 0.2) is 42.5 Å². The van der Waals surface area contributed by atoms with Crippen molar-refractivity contribution in [1.82, 2.24) is 20.2 Å². The second-order valence-electron chi connectivity index (χ2n) is 8.60. The lowest BCUT2D eigenvalue weighted by atomic mass is 10.1. The summed E-state index contributed by atoms with van der Waals surface area (Å²) in [5.41, 5.74) is 4.86. The molecule has 0 atom stereocenters. The van der Waals surface area contributed by atoms with Crippen LogP contribution in [0.25, 0.3) is 11.0 Å². The number of amides is 1. The zero-order valence-electron chi connectivity index (χ0n) is 19.6. The van der Waals surface area contributed by atoms with Gasteiger partial charge >= 0.3 is 0 Å². The van der Waals surface area contributed by atoms with E-state index in [-0.39, 0.29) is 5.91 Å². The van der Waals surface area contributed by atoms with E-state index in [1.54, 1.807) is 12.1 Å². The van der Waals surface area contributed by atoms with Crippen molar-refractivity contribution in [2.24, 2.45) is 0 Å². The fourth-order valence-corrected chi connectivity index (χ4v) is 4.02. The summed E-state index contributed by atoms with van der Waals surface area (Å²) in [6.45, 7) is 7.47. The first kappa shape index (κ1) is 23.1. The Hall–Kier alpha value is -3.03. The third-order valence-corrected chi connectivity index (χ3v) is 6.22. The van der Waals surface area contributed by atoms with Crippen LogP contribution in [0.5, 0.6) is 5.75 Å². The van der Waals surface area contributed by atoms with Crippen molar-refractivity contribution in [2.75, 3.05) is 33.4 Å². The van der Waals surface area contributed by atoms with E-state index >= 15 is 0 Å². The molecule has 1 aliphatic heterocycles. The van der Waals surface area contributed by atoms with E-state index in [1.807, 2.05) is 44.2 Å². The molecule has 174 valence electrons. The number of benzene rings is 2. The van der Waals surface area contributed by atoms with E-state index < -0.39 is 0 Å². The SMILES string of the molecule is Cc1nc2ccc(C(=O)NCc3cccc(OCCN(C)C4CCOCC4)c3)cc2nc1C. The Morgan fingerprint density at radius 1 is 1.09 bits per heavy atom. The van der Waals surface area contributed by atoms with Crippen molar-refractivity contribution in [3.8, 4) is 5.75 Å². The summed E-state index contributed by atoms with van der Waals surface area (Å²) in [4.78, 5) is 24.1. The van der Waals surface area contributed by atoms with E-state index in [0.29, 0.717) is 24.8 Å². The number of likely N-dealkylation sites (N-methyl/N-ethyl adjacent to an activating group) is 1. The molecule has 4 rings (SSSR count). The van der Waals surface area contributed by atoms with Gasteiger partial charge in [0.25, 0.3) is 5.91 Å². The van der Waals surface area contributed by atoms with Gasteiger partial charge in [0.15, 0.2) is 0 Å². The Balaban J connectivity index is 1.29. The Labute approximate surface area is 195 Å². The molecule has 7 nitrogen and oxygen atoms in total. The molecular weight excluding hydrogens is 416 g/mol. The van der Waals surface area contributed by atoms with Crippen LogP contribution < -0.4 is 10.1 Å². The first-order valence-electron chi connectivity index (χ1n) is 11.5. The molecule has 1 amide bonds. The predicted molar refractivity (Wildman–Crippen MR) is 129 cm³/mol. The van der Waals surface area contributed by atoms with Crippen LogP contribution in [0, 0.1) is 13.8 Å². The molecule has 33 heavy (non-hydrogen) atoms. The van der Waals surface area contributed by atoms with Crippen LogP contribution in [-0.2, 0) is 11.3 Å². The average Bonchev–Trinajstić information content (AvgIpc) is 2.84. The number of fused-ring (bicyclic) bond motifs is 1. The number of rotatable bonds is 8. The molecule has 0 aliphatic carbocycles. The van der Waals surface area contributed by atoms with Gasteiger partial charge in [-0.25, -0.2) is 9.97 Å². The molecule has 2 aromatic carbocycles. The first-order chi connectivity index (χ1) is 16.0. The number of ether oxygens (including phenoxy) is 2. The number of nitrogens with one attached hydrogen (secondary N) is 1. The van der Waals surface area contributed by atoms with Crippen LogP contribution in [0.1, 0.15) is 40.2 Å². The average molecular weight is 449 g/mol. The Morgan fingerprint density at radius 3 is 2.64 bits per heavy atom. The first-order valence-corrected chi connectivity index (χ1v) is 11.5. The molecule has 7 heteroatoms. The zero-order chi connectivity index (χ0) is 23.2. The predicted octanol–water partition coefficient (Wildman–Crippen LogP) is 3.67. The number of carbonyl (C=O) groups excluding carboxylic acids is 1. The Kier molecular flexibility index (Phi) is 7.52. The van der Waals surface area contributed by atoms with Crippen LogP contribution in [0.4, 0.5) is 0 Å². The van der Waals surface area contributed by atoms with Crippen molar-refractivity contribution < 1.29 is 14.3 Å². The van der Waals surface area contributed by atoms with Gasteiger partial charge in [0.2, 0.25) is 0 Å². The molecule has 1 aromatic heterocycles. The van der Waals surface area contributed by atoms with E-state index in [4.69, 9.17) is 9.47 Å². The van der Waals surface area contributed by atoms with Crippen molar-refractivity contribution in [3.05, 3.63) is 65.0 Å². The number of aryl methyl sites for hydroxylation is 2. The zero-order valence-corrected chi connectivity index (χ0v) is 19.6. The highest BCUT2D eigenvalue weighted by Crippen LogP contribution is 2.17. The van der Waals surface area contributed by atoms with Crippen LogP contribution >= 0.6 is 0 Å². The van der Waals surface area contributed by atoms with Crippen molar-refractivity contribution in [2.45, 2.75) is 39.3 Å². The molecule has 0 unspecified atom stereocenters. The normalized spacial score (nSPS) is 14.5. The molecule has 0 bridgehead atoms. The van der Waals surface area contributed by atoms with E-state index in [0.717, 1.165) is 66.3 Å². The number of aromatic nitrogens is 2. The maximum Gasteiger partial charge on any atom is 0.251 e. The second-order valence-corrected chi connectivity index (χ2v) is 8.60. The molecule has 0 spiro atoms. The van der Waals surface area contributed by atoms with Crippen molar-refractivity contribution >= 4 is 16.9 Å². The third kappa shape index (κ3) is 6.06. The minimum Gasteiger partial charge on any atom is -0.492 e. The smallest absolute Gasteiger partial charge is 0.251 e. The Morgan fingerprint density at radius 2 is 1.85 bits per heavy atom. The monoisotopic (exact) mass is 448 g/mol. The molecular formula is C26H32N4O3. The van der Waals surface area contributed by atoms with Crippen LogP contribution in [0.3, 0.4) is 0 Å². The lowest BCUT2D eigenvalue weighted by molar-refractivity contribution is 0.0392. The highest BCUT2D eigenvalue weighted by molar-refractivity contribution is 5.97. The molecule has 1 aliphatic rings. The number of hydrogen-bond acceptors (Lipinski definition) is 6. The van der Waals surface area contributed by atoms with Gasteiger partial charge in [-0.3, -0.25) is 9.69 Å². The molecule has 0 saturated carbocycles. The summed E-state index contributed by atoms with van der Waals surface area (Å²) in [5.74, 6) is 0.676. The summed E-state index contributed by atoms with van der Waals surface area (Å²) < 4.78 is 11.4. The molecule has 1 N–H and O–H groups in total. The summed E-state index contributed by atoms with van der Waals surface area (Å²) in [5, 5.41) is 2.99. The largest absolute Gasteiger partial charge is 0.492 e. The minimum absolute atomic E-state index is 0.138. The number of nitrogens with zero attached hydrogens (tertiary/aromatic N) is 3. The van der Waals surface area contributed by atoms with Gasteiger partial charge in [-0.2, -0.15) is 0 Å². The van der Waals surface area contributed by atoms with Gasteiger partial charge < -0.3 is 14.8 Å². The minimum atomic E-state index is -0.138. The Bertz CT molecular complexity index is 1110. The summed E-state index contributed by atoms with van der Waals surface area (Å²) >= 11 is 0. The number of hydrogen-bond donors (Lipinski definition) is 1. The van der Waals surface area contributed by atoms with E-state index in [1.165, 1.54) is 0 Å². The maximum atomic E-state index is 12.7. The van der Waals surface area contributed by atoms with Gasteiger partial charge in [-0.1, -0.05) is 12.1 Å². The van der Waals surface area contributed by atoms with Gasteiger partial charge in [-0.05, 0) is 69.6 Å². The van der Waals surface area contributed by atoms with Gasteiger partial charge in [0.05, 0.1) is 22.4 Å². The van der Waals surface area contributed by atoms with E-state index in [9.17, 15) is 4.79 Å². The molecule has 0 radical (unpaired) electrons. The van der Waals surface area contributed by atoms with Crippen LogP contribution in [-0.4, -0.2) is 60.2 Å². The molecule has 1 saturated heterocycles. The van der Waals surface area contributed by atoms with Crippen LogP contribution in [0.2, 0.25) is 0 Å². The number of carbonyl (C=O) groups is 1. The fourth-order valence-electron chi connectivity index (χ4n) is 4.02. The lowest BCUT2D eigenvalue weighted by Gasteiger charge is -2.31. The van der Waals surface area contributed by atoms with Gasteiger partial charge in [0, 0.05) is 37.9 Å². The standard InChI is InChI=1S/C26H32N4O3/c1-18-19(2)29-25-16-21(7-8-24(25)28-18)26(31)27-17-20-5-4-6-23(15-20)33-14-11-30(3)22-9-12-32-13-10-22/h4-8,15-16,22H,9-14,17H2,1-3H3,(H,27,31). The molecule has 1 fully saturated rings. The van der Waals surface area contributed by atoms with E-state index in [2.05, 4.69) is 27.2 Å². The highest BCUT2D eigenvalue weighted by atomic mass is 16.5. The second kappa shape index (κ2) is 10.7. The summed E-state index contributed by atoms with van der Waals surface area (Å²) in [7, 11) is 2.14. The topological polar surface area (TPSA) is 76.6 Å². The highest BCUT2D eigenvalue weighted by Gasteiger charge is 2.18. The molecule has 3 aromatic rings. The summed E-state index contributed by atoms with van der Waals surface area (Å²) in [6, 6.07) is 13.9. The fraction of sp³-hybridized carbons (Fsp3) is 0.423.